The van der Waals surface area contributed by atoms with Crippen molar-refractivity contribution in [3.63, 3.8) is 0 Å². The predicted octanol–water partition coefficient (Wildman–Crippen LogP) is 5.26. The minimum atomic E-state index is -0.279. The lowest BCUT2D eigenvalue weighted by Gasteiger charge is -2.30. The van der Waals surface area contributed by atoms with Gasteiger partial charge < -0.3 is 14.6 Å². The zero-order chi connectivity index (χ0) is 23.6. The van der Waals surface area contributed by atoms with Crippen molar-refractivity contribution < 1.29 is 24.2 Å². The normalized spacial score (nSPS) is 14.4. The number of aryl methyl sites for hydroxylation is 1. The number of ether oxygens (including phenoxy) is 2. The second kappa shape index (κ2) is 14.0. The standard InChI is InChI=1S/C27H35NO5.ClH/c1-3-32-26(30)11-7-8-17-28(18-16-20-9-5-6-10-25(20)29)24-15-13-21-19-22(12-14-23(21)24)27(31)33-4-2;/h5-6,9-10,12,14,19,24,29H,3-4,7-8,11,13,15-18H2,1-2H3;1H. The number of carbonyl (C=O) groups is 2. The first-order chi connectivity index (χ1) is 16.0. The molecule has 0 spiro atoms. The number of rotatable bonds is 12. The fourth-order valence-electron chi connectivity index (χ4n) is 4.54. The van der Waals surface area contributed by atoms with E-state index in [1.165, 1.54) is 11.1 Å². The van der Waals surface area contributed by atoms with Crippen molar-refractivity contribution in [1.29, 1.82) is 0 Å². The van der Waals surface area contributed by atoms with Crippen molar-refractivity contribution in [3.8, 4) is 5.75 Å². The highest BCUT2D eigenvalue weighted by molar-refractivity contribution is 5.89. The lowest BCUT2D eigenvalue weighted by atomic mass is 10.0. The van der Waals surface area contributed by atoms with Crippen LogP contribution in [-0.4, -0.2) is 48.2 Å². The number of hydrogen-bond donors (Lipinski definition) is 1. The second-order valence-electron chi connectivity index (χ2n) is 8.37. The minimum absolute atomic E-state index is 0. The van der Waals surface area contributed by atoms with Gasteiger partial charge in [0, 0.05) is 19.0 Å². The molecule has 0 radical (unpaired) electrons. The Balaban J connectivity index is 0.00000408. The minimum Gasteiger partial charge on any atom is -0.508 e. The number of unbranched alkanes of at least 4 members (excludes halogenated alkanes) is 1. The Kier molecular flexibility index (Phi) is 11.4. The molecule has 0 heterocycles. The molecule has 0 saturated heterocycles. The number of phenols is 1. The number of esters is 2. The van der Waals surface area contributed by atoms with Gasteiger partial charge in [-0.25, -0.2) is 4.79 Å². The largest absolute Gasteiger partial charge is 0.508 e. The van der Waals surface area contributed by atoms with E-state index in [4.69, 9.17) is 9.47 Å². The number of hydrogen-bond acceptors (Lipinski definition) is 6. The summed E-state index contributed by atoms with van der Waals surface area (Å²) in [6, 6.07) is 13.6. The highest BCUT2D eigenvalue weighted by Crippen LogP contribution is 2.37. The molecule has 0 amide bonds. The first-order valence-corrected chi connectivity index (χ1v) is 12.0. The van der Waals surface area contributed by atoms with E-state index >= 15 is 0 Å². The van der Waals surface area contributed by atoms with Crippen molar-refractivity contribution in [2.24, 2.45) is 0 Å². The highest BCUT2D eigenvalue weighted by Gasteiger charge is 2.28. The van der Waals surface area contributed by atoms with Crippen molar-refractivity contribution in [2.45, 2.75) is 58.4 Å². The first-order valence-electron chi connectivity index (χ1n) is 12.0. The van der Waals surface area contributed by atoms with Crippen LogP contribution >= 0.6 is 12.4 Å². The van der Waals surface area contributed by atoms with Crippen LogP contribution in [0.2, 0.25) is 0 Å². The Bertz CT molecular complexity index is 948. The summed E-state index contributed by atoms with van der Waals surface area (Å²) < 4.78 is 10.2. The third-order valence-corrected chi connectivity index (χ3v) is 6.18. The topological polar surface area (TPSA) is 76.1 Å². The fourth-order valence-corrected chi connectivity index (χ4v) is 4.54. The number of nitrogens with zero attached hydrogens (tertiary/aromatic N) is 1. The van der Waals surface area contributed by atoms with Gasteiger partial charge in [-0.2, -0.15) is 0 Å². The van der Waals surface area contributed by atoms with Gasteiger partial charge >= 0.3 is 11.9 Å². The molecule has 0 aliphatic heterocycles. The molecule has 0 aromatic heterocycles. The van der Waals surface area contributed by atoms with Crippen molar-refractivity contribution >= 4 is 24.3 Å². The van der Waals surface area contributed by atoms with Gasteiger partial charge in [-0.3, -0.25) is 9.69 Å². The number of benzene rings is 2. The third kappa shape index (κ3) is 7.47. The van der Waals surface area contributed by atoms with E-state index < -0.39 is 0 Å². The Hall–Kier alpha value is -2.57. The van der Waals surface area contributed by atoms with Gasteiger partial charge in [-0.1, -0.05) is 24.3 Å². The van der Waals surface area contributed by atoms with E-state index in [0.717, 1.165) is 50.8 Å². The molecule has 1 N–H and O–H groups in total. The summed E-state index contributed by atoms with van der Waals surface area (Å²) in [6.07, 6.45) is 4.77. The molecule has 1 atom stereocenters. The van der Waals surface area contributed by atoms with Gasteiger partial charge in [0.2, 0.25) is 0 Å². The Morgan fingerprint density at radius 3 is 2.53 bits per heavy atom. The van der Waals surface area contributed by atoms with E-state index in [9.17, 15) is 14.7 Å². The van der Waals surface area contributed by atoms with Gasteiger partial charge in [-0.05, 0) is 87.4 Å². The van der Waals surface area contributed by atoms with Crippen LogP contribution in [0.3, 0.4) is 0 Å². The number of phenolic OH excluding ortho intramolecular Hbond substituents is 1. The molecule has 1 aliphatic carbocycles. The number of carbonyl (C=O) groups excluding carboxylic acids is 2. The molecule has 0 bridgehead atoms. The molecule has 0 fully saturated rings. The average Bonchev–Trinajstić information content (AvgIpc) is 3.23. The number of halogens is 1. The summed E-state index contributed by atoms with van der Waals surface area (Å²) in [5.41, 5.74) is 3.99. The van der Waals surface area contributed by atoms with Gasteiger partial charge in [0.15, 0.2) is 0 Å². The lowest BCUT2D eigenvalue weighted by molar-refractivity contribution is -0.143. The maximum Gasteiger partial charge on any atom is 0.338 e. The van der Waals surface area contributed by atoms with Crippen LogP contribution in [-0.2, 0) is 27.1 Å². The number of para-hydroxylation sites is 1. The van der Waals surface area contributed by atoms with E-state index in [1.54, 1.807) is 6.07 Å². The second-order valence-corrected chi connectivity index (χ2v) is 8.37. The number of fused-ring (bicyclic) bond motifs is 1. The Morgan fingerprint density at radius 1 is 1.03 bits per heavy atom. The quantitative estimate of drug-likeness (QED) is 0.324. The summed E-state index contributed by atoms with van der Waals surface area (Å²) in [5.74, 6) is -0.0965. The lowest BCUT2D eigenvalue weighted by Crippen LogP contribution is -2.31. The SMILES string of the molecule is CCOC(=O)CCCCN(CCc1ccccc1O)C1CCc2cc(C(=O)OCC)ccc21.Cl. The molecule has 6 nitrogen and oxygen atoms in total. The molecule has 2 aromatic carbocycles. The van der Waals surface area contributed by atoms with Crippen LogP contribution in [0.1, 0.15) is 72.6 Å². The highest BCUT2D eigenvalue weighted by atomic mass is 35.5. The van der Waals surface area contributed by atoms with Crippen LogP contribution in [0.4, 0.5) is 0 Å². The molecule has 34 heavy (non-hydrogen) atoms. The van der Waals surface area contributed by atoms with Crippen LogP contribution in [0.15, 0.2) is 42.5 Å². The monoisotopic (exact) mass is 489 g/mol. The zero-order valence-electron chi connectivity index (χ0n) is 20.1. The maximum atomic E-state index is 12.1. The molecule has 186 valence electrons. The van der Waals surface area contributed by atoms with E-state index in [1.807, 2.05) is 44.2 Å². The van der Waals surface area contributed by atoms with Crippen LogP contribution < -0.4 is 0 Å². The van der Waals surface area contributed by atoms with Crippen LogP contribution in [0, 0.1) is 0 Å². The maximum absolute atomic E-state index is 12.1. The Morgan fingerprint density at radius 2 is 1.79 bits per heavy atom. The van der Waals surface area contributed by atoms with Crippen LogP contribution in [0.5, 0.6) is 5.75 Å². The molecule has 0 saturated carbocycles. The average molecular weight is 490 g/mol. The summed E-state index contributed by atoms with van der Waals surface area (Å²) in [4.78, 5) is 26.3. The molecule has 3 rings (SSSR count). The zero-order valence-corrected chi connectivity index (χ0v) is 20.9. The van der Waals surface area contributed by atoms with Gasteiger partial charge in [0.1, 0.15) is 5.75 Å². The molecule has 1 unspecified atom stereocenters. The van der Waals surface area contributed by atoms with Crippen molar-refractivity contribution in [1.82, 2.24) is 4.90 Å². The third-order valence-electron chi connectivity index (χ3n) is 6.18. The summed E-state index contributed by atoms with van der Waals surface area (Å²) in [6.45, 7) is 6.08. The molecule has 2 aromatic rings. The molecule has 7 heteroatoms. The summed E-state index contributed by atoms with van der Waals surface area (Å²) in [5, 5.41) is 10.2. The Labute approximate surface area is 208 Å². The predicted molar refractivity (Wildman–Crippen MR) is 135 cm³/mol. The summed E-state index contributed by atoms with van der Waals surface area (Å²) in [7, 11) is 0. The molecular formula is C27H36ClNO5. The summed E-state index contributed by atoms with van der Waals surface area (Å²) >= 11 is 0. The molecule has 1 aliphatic rings. The van der Waals surface area contributed by atoms with E-state index in [-0.39, 0.29) is 30.4 Å². The van der Waals surface area contributed by atoms with E-state index in [0.29, 0.717) is 30.9 Å². The number of aromatic hydroxyl groups is 1. The fraction of sp³-hybridized carbons (Fsp3) is 0.481. The smallest absolute Gasteiger partial charge is 0.338 e. The van der Waals surface area contributed by atoms with Crippen molar-refractivity contribution in [3.05, 3.63) is 64.7 Å². The van der Waals surface area contributed by atoms with Crippen molar-refractivity contribution in [2.75, 3.05) is 26.3 Å². The van der Waals surface area contributed by atoms with Gasteiger partial charge in [0.05, 0.1) is 18.8 Å². The van der Waals surface area contributed by atoms with Gasteiger partial charge in [0.25, 0.3) is 0 Å². The molecular weight excluding hydrogens is 454 g/mol. The van der Waals surface area contributed by atoms with Gasteiger partial charge in [-0.15, -0.1) is 12.4 Å². The van der Waals surface area contributed by atoms with Crippen LogP contribution in [0.25, 0.3) is 0 Å². The first kappa shape index (κ1) is 27.7. The van der Waals surface area contributed by atoms with E-state index in [2.05, 4.69) is 11.0 Å².